The van der Waals surface area contributed by atoms with Crippen molar-refractivity contribution in [1.82, 2.24) is 0 Å². The van der Waals surface area contributed by atoms with Crippen LogP contribution >= 0.6 is 0 Å². The van der Waals surface area contributed by atoms with Gasteiger partial charge in [-0.1, -0.05) is 6.92 Å². The van der Waals surface area contributed by atoms with Crippen LogP contribution in [0.5, 0.6) is 0 Å². The molecule has 0 N–H and O–H groups in total. The standard InChI is InChI=1S/C16H24N2O2/c1-12-8-14(4-7-16(12)18-11-20)9-13-2-5-15(6-3-13)17-10-19/h12-16H,2-9H2,1H3. The quantitative estimate of drug-likeness (QED) is 0.583. The Morgan fingerprint density at radius 3 is 2.15 bits per heavy atom. The van der Waals surface area contributed by atoms with E-state index >= 15 is 0 Å². The average Bonchev–Trinajstić information content (AvgIpc) is 2.44. The van der Waals surface area contributed by atoms with Crippen molar-refractivity contribution in [3.05, 3.63) is 0 Å². The number of aliphatic imine (C=N–C) groups is 2. The summed E-state index contributed by atoms with van der Waals surface area (Å²) in [5.41, 5.74) is 0. The largest absolute Gasteiger partial charge is 0.235 e. The van der Waals surface area contributed by atoms with Gasteiger partial charge in [-0.25, -0.2) is 19.6 Å². The highest BCUT2D eigenvalue weighted by Crippen LogP contribution is 2.38. The first-order valence-electron chi connectivity index (χ1n) is 7.87. The van der Waals surface area contributed by atoms with Gasteiger partial charge in [-0.15, -0.1) is 0 Å². The monoisotopic (exact) mass is 276 g/mol. The molecule has 2 fully saturated rings. The Hall–Kier alpha value is -1.24. The minimum Gasteiger partial charge on any atom is -0.211 e. The van der Waals surface area contributed by atoms with Gasteiger partial charge in [0.15, 0.2) is 0 Å². The maximum Gasteiger partial charge on any atom is 0.235 e. The van der Waals surface area contributed by atoms with Crippen LogP contribution in [0.15, 0.2) is 9.98 Å². The second kappa shape index (κ2) is 7.52. The van der Waals surface area contributed by atoms with E-state index in [9.17, 15) is 9.59 Å². The number of nitrogens with zero attached hydrogens (tertiary/aromatic N) is 2. The summed E-state index contributed by atoms with van der Waals surface area (Å²) in [7, 11) is 0. The summed E-state index contributed by atoms with van der Waals surface area (Å²) < 4.78 is 0. The summed E-state index contributed by atoms with van der Waals surface area (Å²) in [5, 5.41) is 0. The SMILES string of the molecule is CC1CC(CC2CCC(N=C=O)CC2)CCC1N=C=O. The summed E-state index contributed by atoms with van der Waals surface area (Å²) in [6.07, 6.45) is 12.6. The van der Waals surface area contributed by atoms with E-state index in [-0.39, 0.29) is 12.1 Å². The Labute approximate surface area is 120 Å². The van der Waals surface area contributed by atoms with Gasteiger partial charge in [0.1, 0.15) is 0 Å². The number of hydrogen-bond donors (Lipinski definition) is 0. The normalized spacial score (nSPS) is 37.5. The van der Waals surface area contributed by atoms with Gasteiger partial charge < -0.3 is 0 Å². The lowest BCUT2D eigenvalue weighted by Gasteiger charge is -2.34. The van der Waals surface area contributed by atoms with Crippen LogP contribution in [0, 0.1) is 17.8 Å². The van der Waals surface area contributed by atoms with E-state index in [1.54, 1.807) is 12.2 Å². The van der Waals surface area contributed by atoms with Gasteiger partial charge >= 0.3 is 0 Å². The third-order valence-electron chi connectivity index (χ3n) is 5.17. The van der Waals surface area contributed by atoms with E-state index in [1.165, 1.54) is 32.1 Å². The Morgan fingerprint density at radius 2 is 1.55 bits per heavy atom. The van der Waals surface area contributed by atoms with Gasteiger partial charge in [0.25, 0.3) is 0 Å². The zero-order valence-electron chi connectivity index (χ0n) is 12.3. The molecular formula is C16H24N2O2. The third-order valence-corrected chi connectivity index (χ3v) is 5.17. The molecule has 0 aromatic rings. The average molecular weight is 276 g/mol. The first-order chi connectivity index (χ1) is 9.72. The van der Waals surface area contributed by atoms with Crippen LogP contribution in [0.3, 0.4) is 0 Å². The predicted molar refractivity (Wildman–Crippen MR) is 76.9 cm³/mol. The van der Waals surface area contributed by atoms with Crippen molar-refractivity contribution in [3.8, 4) is 0 Å². The van der Waals surface area contributed by atoms with Crippen molar-refractivity contribution < 1.29 is 9.59 Å². The summed E-state index contributed by atoms with van der Waals surface area (Å²) in [4.78, 5) is 28.4. The van der Waals surface area contributed by atoms with Gasteiger partial charge in [-0.2, -0.15) is 0 Å². The minimum atomic E-state index is 0.196. The van der Waals surface area contributed by atoms with E-state index < -0.39 is 0 Å². The van der Waals surface area contributed by atoms with Crippen molar-refractivity contribution in [3.63, 3.8) is 0 Å². The molecule has 4 nitrogen and oxygen atoms in total. The maximum atomic E-state index is 10.4. The molecule has 4 heteroatoms. The summed E-state index contributed by atoms with van der Waals surface area (Å²) in [6, 6.07) is 0.418. The molecule has 0 spiro atoms. The molecule has 20 heavy (non-hydrogen) atoms. The fourth-order valence-corrected chi connectivity index (χ4v) is 4.02. The van der Waals surface area contributed by atoms with Gasteiger partial charge in [0, 0.05) is 0 Å². The Kier molecular flexibility index (Phi) is 5.70. The smallest absolute Gasteiger partial charge is 0.211 e. The molecule has 110 valence electrons. The van der Waals surface area contributed by atoms with Gasteiger partial charge in [0.05, 0.1) is 12.1 Å². The van der Waals surface area contributed by atoms with Gasteiger partial charge in [-0.3, -0.25) is 0 Å². The molecule has 0 aromatic carbocycles. The molecule has 2 rings (SSSR count). The van der Waals surface area contributed by atoms with Crippen LogP contribution < -0.4 is 0 Å². The zero-order chi connectivity index (χ0) is 14.4. The Morgan fingerprint density at radius 1 is 0.900 bits per heavy atom. The maximum absolute atomic E-state index is 10.4. The molecule has 0 aromatic heterocycles. The van der Waals surface area contributed by atoms with Crippen LogP contribution in [-0.2, 0) is 9.59 Å². The molecule has 0 aliphatic heterocycles. The number of hydrogen-bond acceptors (Lipinski definition) is 4. The van der Waals surface area contributed by atoms with Crippen LogP contribution in [0.25, 0.3) is 0 Å². The summed E-state index contributed by atoms with van der Waals surface area (Å²) in [6.45, 7) is 2.20. The molecule has 2 aliphatic rings. The number of isocyanates is 2. The lowest BCUT2D eigenvalue weighted by Crippen LogP contribution is -2.28. The molecule has 0 bridgehead atoms. The number of rotatable bonds is 4. The lowest BCUT2D eigenvalue weighted by atomic mass is 9.73. The zero-order valence-corrected chi connectivity index (χ0v) is 12.3. The van der Waals surface area contributed by atoms with Crippen LogP contribution in [0.1, 0.15) is 58.3 Å². The summed E-state index contributed by atoms with van der Waals surface area (Å²) in [5.74, 6) is 2.07. The first-order valence-corrected chi connectivity index (χ1v) is 7.87. The molecule has 0 radical (unpaired) electrons. The fraction of sp³-hybridized carbons (Fsp3) is 0.875. The third kappa shape index (κ3) is 4.13. The van der Waals surface area contributed by atoms with Crippen LogP contribution in [-0.4, -0.2) is 24.2 Å². The van der Waals surface area contributed by atoms with Crippen molar-refractivity contribution in [1.29, 1.82) is 0 Å². The van der Waals surface area contributed by atoms with E-state index in [0.717, 1.165) is 31.1 Å². The summed E-state index contributed by atoms with van der Waals surface area (Å²) >= 11 is 0. The number of carbonyl (C=O) groups excluding carboxylic acids is 2. The molecule has 0 heterocycles. The molecule has 0 saturated heterocycles. The first kappa shape index (κ1) is 15.2. The molecule has 3 unspecified atom stereocenters. The van der Waals surface area contributed by atoms with Crippen molar-refractivity contribution in [2.75, 3.05) is 0 Å². The fourth-order valence-electron chi connectivity index (χ4n) is 4.02. The highest BCUT2D eigenvalue weighted by Gasteiger charge is 2.30. The van der Waals surface area contributed by atoms with Crippen LogP contribution in [0.4, 0.5) is 0 Å². The van der Waals surface area contributed by atoms with E-state index in [4.69, 9.17) is 0 Å². The lowest BCUT2D eigenvalue weighted by molar-refractivity contribution is 0.191. The van der Waals surface area contributed by atoms with Crippen molar-refractivity contribution in [2.24, 2.45) is 27.7 Å². The van der Waals surface area contributed by atoms with Crippen molar-refractivity contribution >= 4 is 12.2 Å². The minimum absolute atomic E-state index is 0.196. The highest BCUT2D eigenvalue weighted by atomic mass is 16.1. The molecule has 0 amide bonds. The second-order valence-corrected chi connectivity index (χ2v) is 6.57. The van der Waals surface area contributed by atoms with E-state index in [1.807, 2.05) is 0 Å². The van der Waals surface area contributed by atoms with Gasteiger partial charge in [-0.05, 0) is 69.1 Å². The van der Waals surface area contributed by atoms with Crippen molar-refractivity contribution in [2.45, 2.75) is 70.4 Å². The van der Waals surface area contributed by atoms with Gasteiger partial charge in [0.2, 0.25) is 12.2 Å². The molecular weight excluding hydrogens is 252 g/mol. The Balaban J connectivity index is 1.75. The molecule has 2 aliphatic carbocycles. The Bertz CT molecular complexity index is 403. The topological polar surface area (TPSA) is 58.9 Å². The van der Waals surface area contributed by atoms with E-state index in [2.05, 4.69) is 16.9 Å². The van der Waals surface area contributed by atoms with Crippen LogP contribution in [0.2, 0.25) is 0 Å². The molecule has 2 saturated carbocycles. The second-order valence-electron chi connectivity index (χ2n) is 6.57. The molecule has 3 atom stereocenters. The highest BCUT2D eigenvalue weighted by molar-refractivity contribution is 5.34. The predicted octanol–water partition coefficient (Wildman–Crippen LogP) is 3.41. The van der Waals surface area contributed by atoms with E-state index in [0.29, 0.717) is 5.92 Å².